The van der Waals surface area contributed by atoms with Crippen LogP contribution in [-0.2, 0) is 6.54 Å². The van der Waals surface area contributed by atoms with Gasteiger partial charge in [0, 0.05) is 43.5 Å². The molecule has 0 saturated carbocycles. The summed E-state index contributed by atoms with van der Waals surface area (Å²) >= 11 is 1.90. The first-order chi connectivity index (χ1) is 11.3. The fourth-order valence-corrected chi connectivity index (χ4v) is 3.44. The average Bonchev–Trinajstić information content (AvgIpc) is 3.26. The van der Waals surface area contributed by atoms with Crippen molar-refractivity contribution in [1.29, 1.82) is 0 Å². The van der Waals surface area contributed by atoms with Gasteiger partial charge in [-0.1, -0.05) is 0 Å². The minimum atomic E-state index is -0.105. The van der Waals surface area contributed by atoms with Crippen molar-refractivity contribution in [3.8, 4) is 5.88 Å². The maximum Gasteiger partial charge on any atom is 0.252 e. The van der Waals surface area contributed by atoms with Crippen LogP contribution in [0.2, 0.25) is 0 Å². The van der Waals surface area contributed by atoms with E-state index >= 15 is 0 Å². The van der Waals surface area contributed by atoms with Crippen LogP contribution in [0.4, 0.5) is 0 Å². The molecule has 1 saturated heterocycles. The van der Waals surface area contributed by atoms with Crippen LogP contribution < -0.4 is 10.1 Å². The van der Waals surface area contributed by atoms with Crippen LogP contribution in [0.15, 0.2) is 37.1 Å². The lowest BCUT2D eigenvalue weighted by molar-refractivity contribution is 0.0952. The second-order valence-electron chi connectivity index (χ2n) is 5.40. The van der Waals surface area contributed by atoms with Gasteiger partial charge in [-0.05, 0) is 24.7 Å². The van der Waals surface area contributed by atoms with Crippen LogP contribution in [0, 0.1) is 0 Å². The SMILES string of the molecule is O=C(NCCCn1ccnc1)c1ccc(OC2CCSC2)nc1. The summed E-state index contributed by atoms with van der Waals surface area (Å²) in [5.41, 5.74) is 0.556. The molecule has 0 bridgehead atoms. The van der Waals surface area contributed by atoms with Crippen LogP contribution in [-0.4, -0.2) is 44.6 Å². The minimum Gasteiger partial charge on any atom is -0.473 e. The van der Waals surface area contributed by atoms with Gasteiger partial charge in [0.1, 0.15) is 6.10 Å². The Hall–Kier alpha value is -2.02. The van der Waals surface area contributed by atoms with Gasteiger partial charge in [-0.15, -0.1) is 0 Å². The van der Waals surface area contributed by atoms with E-state index in [1.165, 1.54) is 0 Å². The summed E-state index contributed by atoms with van der Waals surface area (Å²) in [7, 11) is 0. The average molecular weight is 332 g/mol. The van der Waals surface area contributed by atoms with E-state index in [-0.39, 0.29) is 12.0 Å². The molecule has 2 aromatic heterocycles. The molecule has 6 nitrogen and oxygen atoms in total. The lowest BCUT2D eigenvalue weighted by Crippen LogP contribution is -2.25. The topological polar surface area (TPSA) is 69.0 Å². The number of aromatic nitrogens is 3. The molecule has 23 heavy (non-hydrogen) atoms. The van der Waals surface area contributed by atoms with E-state index < -0.39 is 0 Å². The van der Waals surface area contributed by atoms with Gasteiger partial charge in [0.05, 0.1) is 11.9 Å². The summed E-state index contributed by atoms with van der Waals surface area (Å²) in [6.45, 7) is 1.46. The summed E-state index contributed by atoms with van der Waals surface area (Å²) in [6.07, 6.45) is 9.17. The highest BCUT2D eigenvalue weighted by atomic mass is 32.2. The van der Waals surface area contributed by atoms with E-state index in [2.05, 4.69) is 15.3 Å². The number of ether oxygens (including phenoxy) is 1. The molecule has 0 aliphatic carbocycles. The molecular weight excluding hydrogens is 312 g/mol. The number of amides is 1. The third-order valence-electron chi connectivity index (χ3n) is 3.61. The zero-order valence-electron chi connectivity index (χ0n) is 12.9. The maximum absolute atomic E-state index is 12.0. The Morgan fingerprint density at radius 1 is 1.48 bits per heavy atom. The largest absolute Gasteiger partial charge is 0.473 e. The maximum atomic E-state index is 12.0. The van der Waals surface area contributed by atoms with Gasteiger partial charge >= 0.3 is 0 Å². The summed E-state index contributed by atoms with van der Waals surface area (Å²) in [4.78, 5) is 20.3. The van der Waals surface area contributed by atoms with Gasteiger partial charge in [0.15, 0.2) is 0 Å². The number of aryl methyl sites for hydroxylation is 1. The van der Waals surface area contributed by atoms with Gasteiger partial charge in [0.2, 0.25) is 5.88 Å². The number of carbonyl (C=O) groups excluding carboxylic acids is 1. The van der Waals surface area contributed by atoms with Crippen LogP contribution in [0.5, 0.6) is 5.88 Å². The van der Waals surface area contributed by atoms with Crippen molar-refractivity contribution in [2.45, 2.75) is 25.5 Å². The standard InChI is InChI=1S/C16H20N4O2S/c21-16(18-5-1-7-20-8-6-17-12-20)13-2-3-15(19-10-13)22-14-4-9-23-11-14/h2-3,6,8,10,12,14H,1,4-5,7,9,11H2,(H,18,21). The molecular formula is C16H20N4O2S. The van der Waals surface area contributed by atoms with Crippen molar-refractivity contribution in [3.05, 3.63) is 42.6 Å². The molecule has 1 amide bonds. The van der Waals surface area contributed by atoms with Gasteiger partial charge < -0.3 is 14.6 Å². The smallest absolute Gasteiger partial charge is 0.252 e. The summed E-state index contributed by atoms with van der Waals surface area (Å²) in [5, 5.41) is 2.90. The van der Waals surface area contributed by atoms with Gasteiger partial charge in [-0.2, -0.15) is 11.8 Å². The van der Waals surface area contributed by atoms with Crippen LogP contribution in [0.25, 0.3) is 0 Å². The first kappa shape index (κ1) is 15.9. The highest BCUT2D eigenvalue weighted by molar-refractivity contribution is 7.99. The molecule has 3 rings (SSSR count). The number of rotatable bonds is 7. The monoisotopic (exact) mass is 332 g/mol. The number of carbonyl (C=O) groups is 1. The molecule has 2 aromatic rings. The van der Waals surface area contributed by atoms with E-state index in [1.807, 2.05) is 22.5 Å². The zero-order valence-corrected chi connectivity index (χ0v) is 13.7. The Morgan fingerprint density at radius 2 is 2.43 bits per heavy atom. The van der Waals surface area contributed by atoms with E-state index in [0.29, 0.717) is 18.0 Å². The number of thioether (sulfide) groups is 1. The molecule has 1 N–H and O–H groups in total. The molecule has 1 fully saturated rings. The lowest BCUT2D eigenvalue weighted by Gasteiger charge is -2.11. The van der Waals surface area contributed by atoms with Crippen LogP contribution >= 0.6 is 11.8 Å². The highest BCUT2D eigenvalue weighted by Crippen LogP contribution is 2.21. The van der Waals surface area contributed by atoms with Crippen molar-refractivity contribution >= 4 is 17.7 Å². The molecule has 1 unspecified atom stereocenters. The van der Waals surface area contributed by atoms with Crippen LogP contribution in [0.3, 0.4) is 0 Å². The number of nitrogens with zero attached hydrogens (tertiary/aromatic N) is 3. The van der Waals surface area contributed by atoms with E-state index in [1.54, 1.807) is 30.9 Å². The molecule has 122 valence electrons. The summed E-state index contributed by atoms with van der Waals surface area (Å²) < 4.78 is 7.76. The third-order valence-corrected chi connectivity index (χ3v) is 4.74. The van der Waals surface area contributed by atoms with Crippen LogP contribution in [0.1, 0.15) is 23.2 Å². The predicted octanol–water partition coefficient (Wildman–Crippen LogP) is 1.98. The molecule has 7 heteroatoms. The van der Waals surface area contributed by atoms with Crippen molar-refractivity contribution < 1.29 is 9.53 Å². The minimum absolute atomic E-state index is 0.105. The molecule has 3 heterocycles. The normalized spacial score (nSPS) is 17.1. The number of imidazole rings is 1. The molecule has 0 aromatic carbocycles. The number of nitrogens with one attached hydrogen (secondary N) is 1. The van der Waals surface area contributed by atoms with Gasteiger partial charge in [-0.25, -0.2) is 9.97 Å². The fourth-order valence-electron chi connectivity index (χ4n) is 2.35. The summed E-state index contributed by atoms with van der Waals surface area (Å²) in [6, 6.07) is 3.53. The molecule has 0 spiro atoms. The molecule has 1 aliphatic rings. The lowest BCUT2D eigenvalue weighted by atomic mass is 10.2. The predicted molar refractivity (Wildman–Crippen MR) is 89.8 cm³/mol. The second kappa shape index (κ2) is 8.01. The second-order valence-corrected chi connectivity index (χ2v) is 6.55. The number of hydrogen-bond donors (Lipinski definition) is 1. The van der Waals surface area contributed by atoms with Crippen molar-refractivity contribution in [2.75, 3.05) is 18.1 Å². The first-order valence-electron chi connectivity index (χ1n) is 7.75. The van der Waals surface area contributed by atoms with Gasteiger partial charge in [0.25, 0.3) is 5.91 Å². The van der Waals surface area contributed by atoms with E-state index in [9.17, 15) is 4.79 Å². The zero-order chi connectivity index (χ0) is 15.9. The summed E-state index contributed by atoms with van der Waals surface area (Å²) in [5.74, 6) is 2.64. The van der Waals surface area contributed by atoms with Crippen molar-refractivity contribution in [2.24, 2.45) is 0 Å². The fraction of sp³-hybridized carbons (Fsp3) is 0.438. The van der Waals surface area contributed by atoms with Gasteiger partial charge in [-0.3, -0.25) is 4.79 Å². The van der Waals surface area contributed by atoms with E-state index in [0.717, 1.165) is 30.9 Å². The first-order valence-corrected chi connectivity index (χ1v) is 8.91. The quantitative estimate of drug-likeness (QED) is 0.785. The molecule has 1 aliphatic heterocycles. The molecule has 1 atom stereocenters. The Kier molecular flexibility index (Phi) is 5.52. The van der Waals surface area contributed by atoms with Crippen molar-refractivity contribution in [1.82, 2.24) is 19.9 Å². The van der Waals surface area contributed by atoms with E-state index in [4.69, 9.17) is 4.74 Å². The number of hydrogen-bond acceptors (Lipinski definition) is 5. The number of pyridine rings is 1. The Morgan fingerprint density at radius 3 is 3.13 bits per heavy atom. The highest BCUT2D eigenvalue weighted by Gasteiger charge is 2.17. The van der Waals surface area contributed by atoms with Crippen molar-refractivity contribution in [3.63, 3.8) is 0 Å². The Bertz CT molecular complexity index is 610. The molecule has 0 radical (unpaired) electrons. The third kappa shape index (κ3) is 4.72. The Balaban J connectivity index is 1.41. The Labute approximate surface area is 139 Å².